The van der Waals surface area contributed by atoms with Gasteiger partial charge in [0, 0.05) is 26.1 Å². The van der Waals surface area contributed by atoms with Gasteiger partial charge in [-0.3, -0.25) is 0 Å². The molecule has 0 aromatic rings. The summed E-state index contributed by atoms with van der Waals surface area (Å²) >= 11 is 0. The average Bonchev–Trinajstić information content (AvgIpc) is 2.11. The Bertz CT molecular complexity index is 311. The highest BCUT2D eigenvalue weighted by Gasteiger charge is 2.18. The van der Waals surface area contributed by atoms with Crippen molar-refractivity contribution in [2.45, 2.75) is 33.2 Å². The zero-order chi connectivity index (χ0) is 11.2. The predicted octanol–water partition coefficient (Wildman–Crippen LogP) is 0.574. The van der Waals surface area contributed by atoms with Gasteiger partial charge in [0.25, 0.3) is 10.2 Å². The second-order valence-corrected chi connectivity index (χ2v) is 5.00. The standard InChI is InChI=1S/C9H18N2O2S/c1-5-6-7-8-10-14(12,13)11(4)9(2)3/h9-10H,7-8H2,1-4H3. The summed E-state index contributed by atoms with van der Waals surface area (Å²) in [5.41, 5.74) is 0. The van der Waals surface area contributed by atoms with Crippen molar-refractivity contribution in [1.29, 1.82) is 0 Å². The highest BCUT2D eigenvalue weighted by molar-refractivity contribution is 7.87. The third-order valence-corrected chi connectivity index (χ3v) is 3.57. The zero-order valence-electron chi connectivity index (χ0n) is 9.16. The van der Waals surface area contributed by atoms with Crippen LogP contribution >= 0.6 is 0 Å². The average molecular weight is 218 g/mol. The van der Waals surface area contributed by atoms with Gasteiger partial charge in [0.2, 0.25) is 0 Å². The highest BCUT2D eigenvalue weighted by atomic mass is 32.2. The van der Waals surface area contributed by atoms with E-state index < -0.39 is 10.2 Å². The number of hydrogen-bond acceptors (Lipinski definition) is 2. The van der Waals surface area contributed by atoms with Crippen molar-refractivity contribution in [3.63, 3.8) is 0 Å². The lowest BCUT2D eigenvalue weighted by Crippen LogP contribution is -2.42. The van der Waals surface area contributed by atoms with E-state index in [0.717, 1.165) is 0 Å². The molecule has 0 saturated carbocycles. The topological polar surface area (TPSA) is 49.4 Å². The van der Waals surface area contributed by atoms with Crippen LogP contribution in [0.5, 0.6) is 0 Å². The second-order valence-electron chi connectivity index (χ2n) is 3.19. The van der Waals surface area contributed by atoms with E-state index in [1.54, 1.807) is 14.0 Å². The van der Waals surface area contributed by atoms with Crippen LogP contribution < -0.4 is 4.72 Å². The van der Waals surface area contributed by atoms with E-state index in [2.05, 4.69) is 16.6 Å². The molecule has 0 rings (SSSR count). The Labute approximate surface area is 86.9 Å². The first-order valence-electron chi connectivity index (χ1n) is 4.54. The summed E-state index contributed by atoms with van der Waals surface area (Å²) in [7, 11) is -1.77. The molecule has 0 spiro atoms. The van der Waals surface area contributed by atoms with Crippen molar-refractivity contribution in [2.75, 3.05) is 13.6 Å². The lowest BCUT2D eigenvalue weighted by Gasteiger charge is -2.20. The fourth-order valence-corrected chi connectivity index (χ4v) is 1.87. The van der Waals surface area contributed by atoms with Gasteiger partial charge in [-0.1, -0.05) is 0 Å². The van der Waals surface area contributed by atoms with E-state index in [-0.39, 0.29) is 6.04 Å². The maximum atomic E-state index is 11.5. The van der Waals surface area contributed by atoms with Crippen LogP contribution in [-0.4, -0.2) is 32.4 Å². The van der Waals surface area contributed by atoms with E-state index in [1.807, 2.05) is 13.8 Å². The van der Waals surface area contributed by atoms with Crippen LogP contribution in [0.3, 0.4) is 0 Å². The fourth-order valence-electron chi connectivity index (χ4n) is 0.747. The second kappa shape index (κ2) is 6.02. The van der Waals surface area contributed by atoms with Crippen molar-refractivity contribution in [3.05, 3.63) is 0 Å². The Morgan fingerprint density at radius 2 is 2.00 bits per heavy atom. The Kier molecular flexibility index (Phi) is 5.77. The van der Waals surface area contributed by atoms with E-state index in [1.165, 1.54) is 4.31 Å². The SMILES string of the molecule is CC#CCCNS(=O)(=O)N(C)C(C)C. The van der Waals surface area contributed by atoms with Crippen molar-refractivity contribution >= 4 is 10.2 Å². The summed E-state index contributed by atoms with van der Waals surface area (Å²) in [6, 6.07) is -0.0373. The van der Waals surface area contributed by atoms with E-state index in [0.29, 0.717) is 13.0 Å². The molecule has 0 aromatic heterocycles. The van der Waals surface area contributed by atoms with Gasteiger partial charge >= 0.3 is 0 Å². The van der Waals surface area contributed by atoms with Crippen LogP contribution in [0.2, 0.25) is 0 Å². The first-order valence-corrected chi connectivity index (χ1v) is 5.98. The van der Waals surface area contributed by atoms with E-state index >= 15 is 0 Å². The van der Waals surface area contributed by atoms with Crippen molar-refractivity contribution in [1.82, 2.24) is 9.03 Å². The molecule has 0 saturated heterocycles. The molecule has 0 atom stereocenters. The van der Waals surface area contributed by atoms with Gasteiger partial charge in [-0.2, -0.15) is 12.7 Å². The van der Waals surface area contributed by atoms with Gasteiger partial charge in [-0.25, -0.2) is 4.72 Å². The first-order chi connectivity index (χ1) is 6.41. The molecule has 0 aromatic carbocycles. The summed E-state index contributed by atoms with van der Waals surface area (Å²) in [5, 5.41) is 0. The van der Waals surface area contributed by atoms with Gasteiger partial charge in [0.15, 0.2) is 0 Å². The molecule has 0 unspecified atom stereocenters. The van der Waals surface area contributed by atoms with Crippen LogP contribution in [0.1, 0.15) is 27.2 Å². The summed E-state index contributed by atoms with van der Waals surface area (Å²) < 4.78 is 26.8. The molecular weight excluding hydrogens is 200 g/mol. The van der Waals surface area contributed by atoms with Gasteiger partial charge in [-0.05, 0) is 20.8 Å². The first kappa shape index (κ1) is 13.4. The molecule has 0 aliphatic heterocycles. The monoisotopic (exact) mass is 218 g/mol. The lowest BCUT2D eigenvalue weighted by atomic mass is 10.4. The van der Waals surface area contributed by atoms with Crippen LogP contribution in [0, 0.1) is 11.8 Å². The predicted molar refractivity (Wildman–Crippen MR) is 57.9 cm³/mol. The maximum absolute atomic E-state index is 11.5. The van der Waals surface area contributed by atoms with E-state index in [4.69, 9.17) is 0 Å². The lowest BCUT2D eigenvalue weighted by molar-refractivity contribution is 0.403. The molecule has 5 heteroatoms. The minimum absolute atomic E-state index is 0.0373. The van der Waals surface area contributed by atoms with Crippen LogP contribution in [0.4, 0.5) is 0 Å². The number of nitrogens with one attached hydrogen (secondary N) is 1. The van der Waals surface area contributed by atoms with Crippen LogP contribution in [-0.2, 0) is 10.2 Å². The van der Waals surface area contributed by atoms with Crippen LogP contribution in [0.25, 0.3) is 0 Å². The third kappa shape index (κ3) is 4.61. The molecule has 0 fully saturated rings. The zero-order valence-corrected chi connectivity index (χ0v) is 9.98. The Morgan fingerprint density at radius 1 is 1.43 bits per heavy atom. The molecular formula is C9H18N2O2S. The summed E-state index contributed by atoms with van der Waals surface area (Å²) in [6.45, 7) is 5.74. The maximum Gasteiger partial charge on any atom is 0.279 e. The van der Waals surface area contributed by atoms with Gasteiger partial charge in [0.05, 0.1) is 0 Å². The summed E-state index contributed by atoms with van der Waals surface area (Å²) in [6.07, 6.45) is 0.543. The fraction of sp³-hybridized carbons (Fsp3) is 0.778. The van der Waals surface area contributed by atoms with Crippen molar-refractivity contribution < 1.29 is 8.42 Å². The number of hydrogen-bond donors (Lipinski definition) is 1. The summed E-state index contributed by atoms with van der Waals surface area (Å²) in [4.78, 5) is 0. The molecule has 0 radical (unpaired) electrons. The van der Waals surface area contributed by atoms with Gasteiger partial charge in [0.1, 0.15) is 0 Å². The van der Waals surface area contributed by atoms with Gasteiger partial charge < -0.3 is 0 Å². The molecule has 82 valence electrons. The smallest absolute Gasteiger partial charge is 0.201 e. The Morgan fingerprint density at radius 3 is 2.43 bits per heavy atom. The van der Waals surface area contributed by atoms with Crippen molar-refractivity contribution in [2.24, 2.45) is 0 Å². The minimum atomic E-state index is -3.32. The highest BCUT2D eigenvalue weighted by Crippen LogP contribution is 1.99. The molecule has 0 aliphatic rings. The molecule has 4 nitrogen and oxygen atoms in total. The molecule has 0 aliphatic carbocycles. The van der Waals surface area contributed by atoms with Gasteiger partial charge in [-0.15, -0.1) is 11.8 Å². The number of rotatable bonds is 5. The largest absolute Gasteiger partial charge is 0.279 e. The Balaban J connectivity index is 4.13. The number of nitrogens with zero attached hydrogens (tertiary/aromatic N) is 1. The quantitative estimate of drug-likeness (QED) is 0.542. The molecule has 0 heterocycles. The molecule has 0 amide bonds. The van der Waals surface area contributed by atoms with E-state index in [9.17, 15) is 8.42 Å². The Hall–Kier alpha value is -0.570. The van der Waals surface area contributed by atoms with Crippen molar-refractivity contribution in [3.8, 4) is 11.8 Å². The molecule has 14 heavy (non-hydrogen) atoms. The molecule has 0 bridgehead atoms. The normalized spacial score (nSPS) is 11.6. The molecule has 1 N–H and O–H groups in total. The van der Waals surface area contributed by atoms with Crippen LogP contribution in [0.15, 0.2) is 0 Å². The minimum Gasteiger partial charge on any atom is -0.201 e. The third-order valence-electron chi connectivity index (χ3n) is 1.82. The summed E-state index contributed by atoms with van der Waals surface area (Å²) in [5.74, 6) is 5.50.